The average Bonchev–Trinajstić information content (AvgIpc) is 2.49. The van der Waals surface area contributed by atoms with E-state index in [1.165, 1.54) is 0 Å². The monoisotopic (exact) mass is 427 g/mol. The molecule has 0 bridgehead atoms. The van der Waals surface area contributed by atoms with E-state index in [2.05, 4.69) is 36.9 Å². The lowest BCUT2D eigenvalue weighted by Crippen LogP contribution is -1.94. The van der Waals surface area contributed by atoms with Crippen LogP contribution in [0, 0.1) is 0 Å². The third-order valence-corrected chi connectivity index (χ3v) is 3.93. The predicted octanol–water partition coefficient (Wildman–Crippen LogP) is 5.08. The molecule has 0 aromatic heterocycles. The molecule has 0 saturated carbocycles. The van der Waals surface area contributed by atoms with E-state index in [1.54, 1.807) is 25.5 Å². The summed E-state index contributed by atoms with van der Waals surface area (Å²) in [4.78, 5) is 4.37. The van der Waals surface area contributed by atoms with Crippen molar-refractivity contribution in [2.45, 2.75) is 6.92 Å². The second-order valence-corrected chi connectivity index (χ2v) is 6.12. The van der Waals surface area contributed by atoms with Gasteiger partial charge in [0.25, 0.3) is 0 Å². The molecule has 0 aliphatic carbocycles. The highest BCUT2D eigenvalue weighted by Gasteiger charge is 2.09. The minimum Gasteiger partial charge on any atom is -0.504 e. The highest BCUT2D eigenvalue weighted by Crippen LogP contribution is 2.34. The van der Waals surface area contributed by atoms with Gasteiger partial charge in [0, 0.05) is 16.3 Å². The van der Waals surface area contributed by atoms with Crippen LogP contribution in [0.1, 0.15) is 12.5 Å². The van der Waals surface area contributed by atoms with Crippen molar-refractivity contribution in [2.24, 2.45) is 4.99 Å². The highest BCUT2D eigenvalue weighted by molar-refractivity contribution is 9.10. The lowest BCUT2D eigenvalue weighted by atomic mass is 10.2. The van der Waals surface area contributed by atoms with Gasteiger partial charge in [-0.2, -0.15) is 0 Å². The Bertz CT molecular complexity index is 702. The molecule has 0 amide bonds. The molecule has 2 rings (SSSR count). The number of methoxy groups -OCH3 is 1. The minimum absolute atomic E-state index is 0.0707. The van der Waals surface area contributed by atoms with Crippen LogP contribution in [0.4, 0.5) is 5.69 Å². The van der Waals surface area contributed by atoms with E-state index >= 15 is 0 Å². The molecule has 0 aliphatic rings. The van der Waals surface area contributed by atoms with Crippen LogP contribution < -0.4 is 9.47 Å². The maximum absolute atomic E-state index is 10.2. The van der Waals surface area contributed by atoms with Gasteiger partial charge < -0.3 is 14.6 Å². The van der Waals surface area contributed by atoms with Crippen molar-refractivity contribution in [3.63, 3.8) is 0 Å². The molecule has 0 fully saturated rings. The van der Waals surface area contributed by atoms with E-state index < -0.39 is 0 Å². The van der Waals surface area contributed by atoms with Gasteiger partial charge in [0.05, 0.1) is 23.9 Å². The van der Waals surface area contributed by atoms with Gasteiger partial charge in [-0.25, -0.2) is 0 Å². The SMILES string of the molecule is CCOc1cc(Br)cc(C=Nc2ccc(OC)c(Br)c2)c1O. The molecule has 6 heteroatoms. The number of hydrogen-bond donors (Lipinski definition) is 1. The van der Waals surface area contributed by atoms with Crippen LogP contribution in [0.5, 0.6) is 17.2 Å². The Morgan fingerprint density at radius 1 is 1.18 bits per heavy atom. The van der Waals surface area contributed by atoms with Crippen molar-refractivity contribution in [3.8, 4) is 17.2 Å². The van der Waals surface area contributed by atoms with Crippen molar-refractivity contribution in [1.82, 2.24) is 0 Å². The van der Waals surface area contributed by atoms with Gasteiger partial charge >= 0.3 is 0 Å². The van der Waals surface area contributed by atoms with Crippen LogP contribution in [0.3, 0.4) is 0 Å². The van der Waals surface area contributed by atoms with Gasteiger partial charge in [0.2, 0.25) is 0 Å². The predicted molar refractivity (Wildman–Crippen MR) is 94.9 cm³/mol. The topological polar surface area (TPSA) is 51.0 Å². The zero-order chi connectivity index (χ0) is 16.1. The van der Waals surface area contributed by atoms with Crippen LogP contribution in [-0.2, 0) is 0 Å². The first kappa shape index (κ1) is 16.8. The largest absolute Gasteiger partial charge is 0.504 e. The van der Waals surface area contributed by atoms with E-state index in [0.29, 0.717) is 17.9 Å². The molecule has 0 unspecified atom stereocenters. The molecule has 22 heavy (non-hydrogen) atoms. The molecular formula is C16H15Br2NO3. The van der Waals surface area contributed by atoms with Gasteiger partial charge in [-0.15, -0.1) is 0 Å². The molecule has 116 valence electrons. The first-order chi connectivity index (χ1) is 10.5. The number of hydrogen-bond acceptors (Lipinski definition) is 4. The Morgan fingerprint density at radius 2 is 1.95 bits per heavy atom. The zero-order valence-electron chi connectivity index (χ0n) is 12.1. The molecule has 2 aromatic rings. The summed E-state index contributed by atoms with van der Waals surface area (Å²) in [5, 5.41) is 10.2. The third kappa shape index (κ3) is 4.01. The van der Waals surface area contributed by atoms with Crippen molar-refractivity contribution >= 4 is 43.8 Å². The normalized spacial score (nSPS) is 10.9. The van der Waals surface area contributed by atoms with Gasteiger partial charge in [0.15, 0.2) is 11.5 Å². The molecule has 0 heterocycles. The number of halogens is 2. The van der Waals surface area contributed by atoms with Crippen LogP contribution in [0.2, 0.25) is 0 Å². The summed E-state index contributed by atoms with van der Waals surface area (Å²) >= 11 is 6.81. The lowest BCUT2D eigenvalue weighted by molar-refractivity contribution is 0.317. The first-order valence-electron chi connectivity index (χ1n) is 6.58. The Balaban J connectivity index is 2.31. The average molecular weight is 429 g/mol. The number of aromatic hydroxyl groups is 1. The van der Waals surface area contributed by atoms with E-state index in [4.69, 9.17) is 9.47 Å². The Kier molecular flexibility index (Phi) is 5.85. The molecule has 0 aliphatic heterocycles. The Morgan fingerprint density at radius 3 is 2.59 bits per heavy atom. The van der Waals surface area contributed by atoms with Crippen molar-refractivity contribution in [3.05, 3.63) is 44.8 Å². The summed E-state index contributed by atoms with van der Waals surface area (Å²) < 4.78 is 12.2. The number of phenols is 1. The van der Waals surface area contributed by atoms with Crippen molar-refractivity contribution in [2.75, 3.05) is 13.7 Å². The fourth-order valence-corrected chi connectivity index (χ4v) is 2.82. The second kappa shape index (κ2) is 7.65. The van der Waals surface area contributed by atoms with Gasteiger partial charge in [-0.1, -0.05) is 15.9 Å². The fraction of sp³-hybridized carbons (Fsp3) is 0.188. The molecule has 4 nitrogen and oxygen atoms in total. The summed E-state index contributed by atoms with van der Waals surface area (Å²) in [6.45, 7) is 2.34. The number of rotatable bonds is 5. The third-order valence-electron chi connectivity index (χ3n) is 2.86. The molecule has 0 spiro atoms. The van der Waals surface area contributed by atoms with Gasteiger partial charge in [-0.05, 0) is 53.2 Å². The highest BCUT2D eigenvalue weighted by atomic mass is 79.9. The number of phenolic OH excluding ortho intramolecular Hbond substituents is 1. The fourth-order valence-electron chi connectivity index (χ4n) is 1.84. The summed E-state index contributed by atoms with van der Waals surface area (Å²) in [6.07, 6.45) is 1.59. The van der Waals surface area contributed by atoms with Crippen LogP contribution >= 0.6 is 31.9 Å². The zero-order valence-corrected chi connectivity index (χ0v) is 15.3. The van der Waals surface area contributed by atoms with Crippen LogP contribution in [0.15, 0.2) is 44.3 Å². The molecule has 0 saturated heterocycles. The molecule has 2 aromatic carbocycles. The maximum atomic E-state index is 10.2. The minimum atomic E-state index is 0.0707. The van der Waals surface area contributed by atoms with E-state index in [0.717, 1.165) is 20.4 Å². The van der Waals surface area contributed by atoms with Crippen LogP contribution in [0.25, 0.3) is 0 Å². The quantitative estimate of drug-likeness (QED) is 0.676. The summed E-state index contributed by atoms with van der Waals surface area (Å²) in [5.74, 6) is 1.23. The molecular weight excluding hydrogens is 414 g/mol. The van der Waals surface area contributed by atoms with Crippen LogP contribution in [-0.4, -0.2) is 25.0 Å². The second-order valence-electron chi connectivity index (χ2n) is 4.35. The van der Waals surface area contributed by atoms with Crippen molar-refractivity contribution in [1.29, 1.82) is 0 Å². The summed E-state index contributed by atoms with van der Waals surface area (Å²) in [5.41, 5.74) is 1.31. The molecule has 1 N–H and O–H groups in total. The van der Waals surface area contributed by atoms with E-state index in [1.807, 2.05) is 25.1 Å². The summed E-state index contributed by atoms with van der Waals surface area (Å²) in [7, 11) is 1.61. The maximum Gasteiger partial charge on any atom is 0.166 e. The lowest BCUT2D eigenvalue weighted by Gasteiger charge is -2.08. The van der Waals surface area contributed by atoms with E-state index in [9.17, 15) is 5.11 Å². The van der Waals surface area contributed by atoms with Gasteiger partial charge in [-0.3, -0.25) is 4.99 Å². The number of nitrogens with zero attached hydrogens (tertiary/aromatic N) is 1. The Labute approximate surface area is 146 Å². The van der Waals surface area contributed by atoms with E-state index in [-0.39, 0.29) is 5.75 Å². The smallest absolute Gasteiger partial charge is 0.166 e. The number of benzene rings is 2. The van der Waals surface area contributed by atoms with Gasteiger partial charge in [0.1, 0.15) is 5.75 Å². The standard InChI is InChI=1S/C16H15Br2NO3/c1-3-22-15-7-11(17)6-10(16(15)20)9-19-12-4-5-14(21-2)13(18)8-12/h4-9,20H,3H2,1-2H3. The number of aliphatic imine (C=N–C) groups is 1. The number of ether oxygens (including phenoxy) is 2. The summed E-state index contributed by atoms with van der Waals surface area (Å²) in [6, 6.07) is 9.00. The Hall–Kier alpha value is -1.53. The molecule has 0 radical (unpaired) electrons. The molecule has 0 atom stereocenters. The van der Waals surface area contributed by atoms with Crippen molar-refractivity contribution < 1.29 is 14.6 Å². The first-order valence-corrected chi connectivity index (χ1v) is 8.16.